The zero-order chi connectivity index (χ0) is 16.7. The van der Waals surface area contributed by atoms with E-state index in [1.54, 1.807) is 19.2 Å². The first-order valence-corrected chi connectivity index (χ1v) is 8.29. The molecular formula is C17H17NO5S. The van der Waals surface area contributed by atoms with Gasteiger partial charge in [-0.25, -0.2) is 4.79 Å². The van der Waals surface area contributed by atoms with E-state index in [1.807, 2.05) is 6.07 Å². The highest BCUT2D eigenvalue weighted by atomic mass is 32.1. The monoisotopic (exact) mass is 347 g/mol. The first-order chi connectivity index (χ1) is 11.6. The number of ether oxygens (including phenoxy) is 1. The van der Waals surface area contributed by atoms with Crippen molar-refractivity contribution in [1.29, 1.82) is 0 Å². The molecule has 126 valence electrons. The molecule has 3 heterocycles. The van der Waals surface area contributed by atoms with E-state index in [-0.39, 0.29) is 10.5 Å². The second-order valence-corrected chi connectivity index (χ2v) is 6.38. The van der Waals surface area contributed by atoms with Crippen molar-refractivity contribution in [2.45, 2.75) is 25.5 Å². The van der Waals surface area contributed by atoms with Crippen molar-refractivity contribution in [3.63, 3.8) is 0 Å². The summed E-state index contributed by atoms with van der Waals surface area (Å²) in [6.45, 7) is 2.56. The SMILES string of the molecule is COC1CCN(Cc2cc(=O)oc3cc4oc(=S)oc4cc23)CC1. The van der Waals surface area contributed by atoms with Crippen LogP contribution in [0.25, 0.3) is 22.1 Å². The minimum atomic E-state index is -0.370. The van der Waals surface area contributed by atoms with Gasteiger partial charge in [0.25, 0.3) is 0 Å². The van der Waals surface area contributed by atoms with Gasteiger partial charge < -0.3 is 18.0 Å². The molecule has 0 bridgehead atoms. The average Bonchev–Trinajstić information content (AvgIpc) is 2.92. The van der Waals surface area contributed by atoms with Crippen LogP contribution in [0.5, 0.6) is 0 Å². The molecule has 1 aliphatic heterocycles. The van der Waals surface area contributed by atoms with Crippen molar-refractivity contribution in [2.75, 3.05) is 20.2 Å². The first-order valence-electron chi connectivity index (χ1n) is 7.88. The van der Waals surface area contributed by atoms with E-state index < -0.39 is 0 Å². The molecule has 0 aliphatic carbocycles. The van der Waals surface area contributed by atoms with Crippen LogP contribution in [0.4, 0.5) is 0 Å². The molecule has 1 aromatic carbocycles. The highest BCUT2D eigenvalue weighted by Crippen LogP contribution is 2.27. The molecule has 0 N–H and O–H groups in total. The van der Waals surface area contributed by atoms with Gasteiger partial charge in [-0.05, 0) is 24.5 Å². The Morgan fingerprint density at radius 2 is 1.83 bits per heavy atom. The highest BCUT2D eigenvalue weighted by Gasteiger charge is 2.20. The van der Waals surface area contributed by atoms with Gasteiger partial charge in [-0.3, -0.25) is 4.90 Å². The van der Waals surface area contributed by atoms with Crippen molar-refractivity contribution in [3.05, 3.63) is 39.1 Å². The standard InChI is InChI=1S/C17H17NO5S/c1-20-11-2-4-18(5-3-11)9-10-6-16(19)21-13-8-15-14(7-12(10)13)22-17(24)23-15/h6-8,11H,2-5,9H2,1H3. The molecular weight excluding hydrogens is 330 g/mol. The highest BCUT2D eigenvalue weighted by molar-refractivity contribution is 7.71. The van der Waals surface area contributed by atoms with Crippen molar-refractivity contribution in [2.24, 2.45) is 0 Å². The number of methoxy groups -OCH3 is 1. The Balaban J connectivity index is 1.72. The summed E-state index contributed by atoms with van der Waals surface area (Å²) in [5.41, 5.74) is 2.07. The number of fused-ring (bicyclic) bond motifs is 2. The first kappa shape index (κ1) is 15.6. The number of hydrogen-bond acceptors (Lipinski definition) is 7. The third kappa shape index (κ3) is 2.90. The van der Waals surface area contributed by atoms with E-state index in [0.29, 0.717) is 29.4 Å². The molecule has 1 saturated heterocycles. The van der Waals surface area contributed by atoms with Gasteiger partial charge in [0.1, 0.15) is 5.58 Å². The van der Waals surface area contributed by atoms with Crippen LogP contribution in [0, 0.1) is 4.90 Å². The van der Waals surface area contributed by atoms with Crippen molar-refractivity contribution >= 4 is 34.4 Å². The molecule has 0 spiro atoms. The molecule has 7 heteroatoms. The predicted molar refractivity (Wildman–Crippen MR) is 90.7 cm³/mol. The summed E-state index contributed by atoms with van der Waals surface area (Å²) in [6, 6.07) is 5.03. The fraction of sp³-hybridized carbons (Fsp3) is 0.412. The Morgan fingerprint density at radius 3 is 2.54 bits per heavy atom. The van der Waals surface area contributed by atoms with Crippen LogP contribution in [0.15, 0.2) is 36.2 Å². The van der Waals surface area contributed by atoms with Crippen LogP contribution in [0.1, 0.15) is 18.4 Å². The Bertz CT molecular complexity index is 994. The van der Waals surface area contributed by atoms with E-state index in [4.69, 9.17) is 30.2 Å². The van der Waals surface area contributed by atoms with E-state index >= 15 is 0 Å². The minimum absolute atomic E-state index is 0.0610. The topological polar surface area (TPSA) is 69.0 Å². The number of piperidine rings is 1. The lowest BCUT2D eigenvalue weighted by atomic mass is 10.1. The maximum atomic E-state index is 11.9. The molecule has 0 unspecified atom stereocenters. The lowest BCUT2D eigenvalue weighted by molar-refractivity contribution is 0.0389. The van der Waals surface area contributed by atoms with Crippen LogP contribution in [0.3, 0.4) is 0 Å². The summed E-state index contributed by atoms with van der Waals surface area (Å²) in [5, 5.41) is 0.843. The van der Waals surface area contributed by atoms with Gasteiger partial charge in [0.2, 0.25) is 0 Å². The van der Waals surface area contributed by atoms with Crippen LogP contribution >= 0.6 is 12.2 Å². The predicted octanol–water partition coefficient (Wildman–Crippen LogP) is 3.47. The Morgan fingerprint density at radius 1 is 1.12 bits per heavy atom. The quantitative estimate of drug-likeness (QED) is 0.531. The molecule has 24 heavy (non-hydrogen) atoms. The molecule has 6 nitrogen and oxygen atoms in total. The van der Waals surface area contributed by atoms with Gasteiger partial charge >= 0.3 is 10.5 Å². The molecule has 3 aromatic rings. The van der Waals surface area contributed by atoms with Crippen molar-refractivity contribution in [1.82, 2.24) is 4.90 Å². The summed E-state index contributed by atoms with van der Waals surface area (Å²) in [4.78, 5) is 14.3. The number of likely N-dealkylation sites (tertiary alicyclic amines) is 1. The lowest BCUT2D eigenvalue weighted by Crippen LogP contribution is -2.36. The number of hydrogen-bond donors (Lipinski definition) is 0. The average molecular weight is 347 g/mol. The van der Waals surface area contributed by atoms with Crippen LogP contribution in [-0.2, 0) is 11.3 Å². The van der Waals surface area contributed by atoms with Crippen molar-refractivity contribution in [3.8, 4) is 0 Å². The summed E-state index contributed by atoms with van der Waals surface area (Å²) in [6.07, 6.45) is 2.32. The maximum Gasteiger partial charge on any atom is 0.363 e. The maximum absolute atomic E-state index is 11.9. The fourth-order valence-electron chi connectivity index (χ4n) is 3.27. The molecule has 1 aliphatic rings. The summed E-state index contributed by atoms with van der Waals surface area (Å²) >= 11 is 4.92. The van der Waals surface area contributed by atoms with Crippen LogP contribution in [0.2, 0.25) is 0 Å². The lowest BCUT2D eigenvalue weighted by Gasteiger charge is -2.31. The number of nitrogens with zero attached hydrogens (tertiary/aromatic N) is 1. The van der Waals surface area contributed by atoms with E-state index in [0.717, 1.165) is 36.9 Å². The Hall–Kier alpha value is -1.96. The van der Waals surface area contributed by atoms with Gasteiger partial charge in [-0.1, -0.05) is 0 Å². The summed E-state index contributed by atoms with van der Waals surface area (Å²) in [5.74, 6) is 0. The molecule has 0 amide bonds. The second-order valence-electron chi connectivity index (χ2n) is 6.05. The van der Waals surface area contributed by atoms with Gasteiger partial charge in [0, 0.05) is 56.5 Å². The third-order valence-electron chi connectivity index (χ3n) is 4.54. The molecule has 1 fully saturated rings. The Labute approximate surface area is 142 Å². The minimum Gasteiger partial charge on any atom is -0.423 e. The van der Waals surface area contributed by atoms with Crippen LogP contribution in [-0.4, -0.2) is 31.2 Å². The largest absolute Gasteiger partial charge is 0.423 e. The van der Waals surface area contributed by atoms with E-state index in [1.165, 1.54) is 0 Å². The molecule has 0 atom stereocenters. The molecule has 4 rings (SSSR count). The Kier molecular flexibility index (Phi) is 3.99. The van der Waals surface area contributed by atoms with E-state index in [9.17, 15) is 4.79 Å². The van der Waals surface area contributed by atoms with Gasteiger partial charge in [-0.15, -0.1) is 0 Å². The normalized spacial score (nSPS) is 17.0. The van der Waals surface area contributed by atoms with Crippen LogP contribution < -0.4 is 5.63 Å². The zero-order valence-corrected chi connectivity index (χ0v) is 14.1. The van der Waals surface area contributed by atoms with Gasteiger partial charge in [0.05, 0.1) is 6.10 Å². The number of rotatable bonds is 3. The summed E-state index contributed by atoms with van der Waals surface area (Å²) < 4.78 is 21.4. The van der Waals surface area contributed by atoms with E-state index in [2.05, 4.69) is 4.90 Å². The second kappa shape index (κ2) is 6.16. The third-order valence-corrected chi connectivity index (χ3v) is 4.71. The van der Waals surface area contributed by atoms with Crippen molar-refractivity contribution < 1.29 is 18.0 Å². The smallest absolute Gasteiger partial charge is 0.363 e. The van der Waals surface area contributed by atoms with Gasteiger partial charge in [0.15, 0.2) is 11.2 Å². The molecule has 0 radical (unpaired) electrons. The zero-order valence-electron chi connectivity index (χ0n) is 13.2. The molecule has 0 saturated carbocycles. The van der Waals surface area contributed by atoms with Gasteiger partial charge in [-0.2, -0.15) is 0 Å². The summed E-state index contributed by atoms with van der Waals surface area (Å²) in [7, 11) is 1.75. The molecule has 2 aromatic heterocycles. The number of benzene rings is 1. The fourth-order valence-corrected chi connectivity index (χ4v) is 3.45.